The van der Waals surface area contributed by atoms with E-state index in [-0.39, 0.29) is 11.4 Å². The minimum absolute atomic E-state index is 0.153. The zero-order valence-electron chi connectivity index (χ0n) is 10.8. The Morgan fingerprint density at radius 1 is 1.55 bits per heavy atom. The van der Waals surface area contributed by atoms with Crippen molar-refractivity contribution in [2.45, 2.75) is 12.3 Å². The molecule has 1 aromatic heterocycles. The van der Waals surface area contributed by atoms with Crippen LogP contribution in [0, 0.1) is 22.9 Å². The second kappa shape index (κ2) is 5.58. The lowest BCUT2D eigenvalue weighted by Gasteiger charge is -2.08. The van der Waals surface area contributed by atoms with E-state index in [0.717, 1.165) is 29.5 Å². The van der Waals surface area contributed by atoms with Gasteiger partial charge in [-0.1, -0.05) is 15.9 Å². The van der Waals surface area contributed by atoms with Gasteiger partial charge in [-0.2, -0.15) is 5.10 Å². The van der Waals surface area contributed by atoms with Crippen LogP contribution in [0.1, 0.15) is 11.3 Å². The quantitative estimate of drug-likeness (QED) is 0.484. The highest BCUT2D eigenvalue weighted by Gasteiger charge is 2.21. The fourth-order valence-corrected chi connectivity index (χ4v) is 2.43. The molecule has 20 heavy (non-hydrogen) atoms. The molecule has 1 heterocycles. The van der Waals surface area contributed by atoms with Crippen molar-refractivity contribution in [3.05, 3.63) is 45.4 Å². The van der Waals surface area contributed by atoms with Crippen molar-refractivity contribution in [2.24, 2.45) is 7.05 Å². The third-order valence-corrected chi connectivity index (χ3v) is 3.31. The average Bonchev–Trinajstić information content (AvgIpc) is 2.63. The largest absolute Gasteiger partial charge is 0.432 e. The smallest absolute Gasteiger partial charge is 0.311 e. The molecule has 0 spiro atoms. The molecule has 0 unspecified atom stereocenters. The first-order chi connectivity index (χ1) is 9.43. The lowest BCUT2D eigenvalue weighted by Crippen LogP contribution is -1.99. The first kappa shape index (κ1) is 14.4. The molecular formula is C12H11BrFN3O3. The Morgan fingerprint density at radius 3 is 2.85 bits per heavy atom. The van der Waals surface area contributed by atoms with E-state index in [4.69, 9.17) is 4.74 Å². The van der Waals surface area contributed by atoms with E-state index < -0.39 is 10.7 Å². The van der Waals surface area contributed by atoms with Crippen LogP contribution in [-0.4, -0.2) is 14.7 Å². The van der Waals surface area contributed by atoms with Gasteiger partial charge in [0.15, 0.2) is 0 Å². The molecule has 0 atom stereocenters. The molecule has 0 aliphatic heterocycles. The number of halogens is 2. The van der Waals surface area contributed by atoms with E-state index in [1.807, 2.05) is 0 Å². The lowest BCUT2D eigenvalue weighted by molar-refractivity contribution is -0.385. The van der Waals surface area contributed by atoms with Gasteiger partial charge in [0.2, 0.25) is 11.6 Å². The third kappa shape index (κ3) is 2.64. The third-order valence-electron chi connectivity index (χ3n) is 2.75. The average molecular weight is 344 g/mol. The van der Waals surface area contributed by atoms with E-state index in [1.54, 1.807) is 14.0 Å². The van der Waals surface area contributed by atoms with Crippen LogP contribution in [0.4, 0.5) is 10.1 Å². The van der Waals surface area contributed by atoms with Crippen LogP contribution in [0.2, 0.25) is 0 Å². The molecule has 2 rings (SSSR count). The van der Waals surface area contributed by atoms with Crippen molar-refractivity contribution in [1.29, 1.82) is 0 Å². The number of nitro groups is 1. The SMILES string of the molecule is Cc1nn(C)c(Oc2cc(F)ccc2[N+](=O)[O-])c1CBr. The van der Waals surface area contributed by atoms with Gasteiger partial charge in [0.25, 0.3) is 0 Å². The Labute approximate surface area is 122 Å². The van der Waals surface area contributed by atoms with Crippen LogP contribution in [-0.2, 0) is 12.4 Å². The monoisotopic (exact) mass is 343 g/mol. The molecule has 0 aliphatic carbocycles. The lowest BCUT2D eigenvalue weighted by atomic mass is 10.2. The maximum absolute atomic E-state index is 13.3. The fourth-order valence-electron chi connectivity index (χ4n) is 1.79. The number of nitrogens with zero attached hydrogens (tertiary/aromatic N) is 3. The summed E-state index contributed by atoms with van der Waals surface area (Å²) in [7, 11) is 1.65. The summed E-state index contributed by atoms with van der Waals surface area (Å²) >= 11 is 3.31. The Kier molecular flexibility index (Phi) is 4.03. The van der Waals surface area contributed by atoms with Crippen molar-refractivity contribution in [3.63, 3.8) is 0 Å². The van der Waals surface area contributed by atoms with E-state index in [1.165, 1.54) is 4.68 Å². The van der Waals surface area contributed by atoms with Gasteiger partial charge in [-0.3, -0.25) is 10.1 Å². The van der Waals surface area contributed by atoms with Gasteiger partial charge in [-0.15, -0.1) is 0 Å². The molecule has 8 heteroatoms. The molecule has 0 amide bonds. The highest BCUT2D eigenvalue weighted by molar-refractivity contribution is 9.08. The van der Waals surface area contributed by atoms with Crippen LogP contribution < -0.4 is 4.74 Å². The van der Waals surface area contributed by atoms with Crippen molar-refractivity contribution in [3.8, 4) is 11.6 Å². The summed E-state index contributed by atoms with van der Waals surface area (Å²) in [6.45, 7) is 1.80. The van der Waals surface area contributed by atoms with Crippen LogP contribution in [0.3, 0.4) is 0 Å². The molecule has 0 radical (unpaired) electrons. The van der Waals surface area contributed by atoms with Gasteiger partial charge in [-0.25, -0.2) is 9.07 Å². The number of hydrogen-bond donors (Lipinski definition) is 0. The standard InChI is InChI=1S/C12H11BrFN3O3/c1-7-9(6-13)12(16(2)15-7)20-11-5-8(14)3-4-10(11)17(18)19/h3-5H,6H2,1-2H3. The Bertz CT molecular complexity index is 672. The molecule has 2 aromatic rings. The van der Waals surface area contributed by atoms with Crippen molar-refractivity contribution in [1.82, 2.24) is 9.78 Å². The number of alkyl halides is 1. The van der Waals surface area contributed by atoms with Crippen LogP contribution in [0.5, 0.6) is 11.6 Å². The molecule has 0 fully saturated rings. The van der Waals surface area contributed by atoms with E-state index in [0.29, 0.717) is 11.2 Å². The number of benzene rings is 1. The summed E-state index contributed by atoms with van der Waals surface area (Å²) in [5, 5.41) is 15.6. The van der Waals surface area contributed by atoms with Gasteiger partial charge in [0, 0.05) is 30.1 Å². The summed E-state index contributed by atoms with van der Waals surface area (Å²) in [5.74, 6) is -0.418. The van der Waals surface area contributed by atoms with E-state index in [9.17, 15) is 14.5 Å². The number of nitro benzene ring substituents is 1. The van der Waals surface area contributed by atoms with Crippen LogP contribution >= 0.6 is 15.9 Å². The topological polar surface area (TPSA) is 70.2 Å². The number of hydrogen-bond acceptors (Lipinski definition) is 4. The van der Waals surface area contributed by atoms with Crippen LogP contribution in [0.25, 0.3) is 0 Å². The molecule has 0 N–H and O–H groups in total. The molecular weight excluding hydrogens is 333 g/mol. The summed E-state index contributed by atoms with van der Waals surface area (Å²) in [6, 6.07) is 3.07. The Morgan fingerprint density at radius 2 is 2.25 bits per heavy atom. The molecule has 0 bridgehead atoms. The minimum atomic E-state index is -0.619. The Balaban J connectivity index is 2.49. The summed E-state index contributed by atoms with van der Waals surface area (Å²) in [6.07, 6.45) is 0. The van der Waals surface area contributed by atoms with Gasteiger partial charge in [-0.05, 0) is 13.0 Å². The second-order valence-electron chi connectivity index (χ2n) is 4.10. The molecule has 0 aliphatic rings. The maximum Gasteiger partial charge on any atom is 0.311 e. The van der Waals surface area contributed by atoms with Crippen molar-refractivity contribution >= 4 is 21.6 Å². The zero-order chi connectivity index (χ0) is 14.9. The number of aromatic nitrogens is 2. The fraction of sp³-hybridized carbons (Fsp3) is 0.250. The zero-order valence-corrected chi connectivity index (χ0v) is 12.3. The number of aryl methyl sites for hydroxylation is 2. The van der Waals surface area contributed by atoms with Gasteiger partial charge >= 0.3 is 5.69 Å². The van der Waals surface area contributed by atoms with E-state index >= 15 is 0 Å². The molecule has 1 aromatic carbocycles. The maximum atomic E-state index is 13.3. The summed E-state index contributed by atoms with van der Waals surface area (Å²) in [5.41, 5.74) is 1.19. The minimum Gasteiger partial charge on any atom is -0.432 e. The van der Waals surface area contributed by atoms with Crippen molar-refractivity contribution < 1.29 is 14.1 Å². The summed E-state index contributed by atoms with van der Waals surface area (Å²) in [4.78, 5) is 10.3. The molecule has 106 valence electrons. The first-order valence-electron chi connectivity index (χ1n) is 5.64. The summed E-state index contributed by atoms with van der Waals surface area (Å²) < 4.78 is 20.2. The van der Waals surface area contributed by atoms with Crippen molar-refractivity contribution in [2.75, 3.05) is 0 Å². The second-order valence-corrected chi connectivity index (χ2v) is 4.66. The Hall–Kier alpha value is -1.96. The van der Waals surface area contributed by atoms with E-state index in [2.05, 4.69) is 21.0 Å². The van der Waals surface area contributed by atoms with Gasteiger partial charge < -0.3 is 4.74 Å². The molecule has 0 saturated heterocycles. The predicted octanol–water partition coefficient (Wildman–Crippen LogP) is 3.46. The predicted molar refractivity (Wildman–Crippen MR) is 73.7 cm³/mol. The van der Waals surface area contributed by atoms with Crippen LogP contribution in [0.15, 0.2) is 18.2 Å². The number of ether oxygens (including phenoxy) is 1. The number of rotatable bonds is 4. The first-order valence-corrected chi connectivity index (χ1v) is 6.76. The highest BCUT2D eigenvalue weighted by Crippen LogP contribution is 2.34. The highest BCUT2D eigenvalue weighted by atomic mass is 79.9. The molecule has 6 nitrogen and oxygen atoms in total. The van der Waals surface area contributed by atoms with Gasteiger partial charge in [0.05, 0.1) is 10.6 Å². The normalized spacial score (nSPS) is 10.6. The van der Waals surface area contributed by atoms with Gasteiger partial charge in [0.1, 0.15) is 5.82 Å². The molecule has 0 saturated carbocycles.